The average Bonchev–Trinajstić information content (AvgIpc) is 3.53. The summed E-state index contributed by atoms with van der Waals surface area (Å²) < 4.78 is 36.6. The first-order valence-corrected chi connectivity index (χ1v) is 10.4. The molecule has 1 aliphatic carbocycles. The fourth-order valence-electron chi connectivity index (χ4n) is 4.23. The maximum absolute atomic E-state index is 13.0. The lowest BCUT2D eigenvalue weighted by molar-refractivity contribution is -0.0507. The Kier molecular flexibility index (Phi) is 6.31. The number of benzene rings is 2. The van der Waals surface area contributed by atoms with Crippen molar-refractivity contribution in [3.8, 4) is 11.5 Å². The molecule has 0 bridgehead atoms. The van der Waals surface area contributed by atoms with Crippen LogP contribution in [0.4, 0.5) is 8.78 Å². The van der Waals surface area contributed by atoms with E-state index < -0.39 is 6.61 Å². The molecule has 1 saturated carbocycles. The predicted molar refractivity (Wildman–Crippen MR) is 108 cm³/mol. The summed E-state index contributed by atoms with van der Waals surface area (Å²) in [6, 6.07) is 15.4. The Balaban J connectivity index is 1.58. The zero-order valence-electron chi connectivity index (χ0n) is 16.5. The summed E-state index contributed by atoms with van der Waals surface area (Å²) in [5, 5.41) is 1.88. The van der Waals surface area contributed by atoms with Crippen molar-refractivity contribution in [3.63, 3.8) is 0 Å². The van der Waals surface area contributed by atoms with E-state index >= 15 is 0 Å². The first-order chi connectivity index (χ1) is 14.1. The zero-order chi connectivity index (χ0) is 20.2. The minimum atomic E-state index is -2.85. The molecule has 0 radical (unpaired) electrons. The molecular formula is C23H28F2N2O2. The Bertz CT molecular complexity index is 799. The molecule has 29 heavy (non-hydrogen) atoms. The lowest BCUT2D eigenvalue weighted by Crippen LogP contribution is -2.44. The van der Waals surface area contributed by atoms with Gasteiger partial charge in [0.15, 0.2) is 0 Å². The molecule has 2 aromatic rings. The van der Waals surface area contributed by atoms with Gasteiger partial charge in [0.2, 0.25) is 0 Å². The Morgan fingerprint density at radius 2 is 1.86 bits per heavy atom. The van der Waals surface area contributed by atoms with E-state index in [1.165, 1.54) is 12.8 Å². The van der Waals surface area contributed by atoms with E-state index in [1.807, 2.05) is 29.3 Å². The Hall–Kier alpha value is -2.18. The summed E-state index contributed by atoms with van der Waals surface area (Å²) in [6.07, 6.45) is 4.97. The lowest BCUT2D eigenvalue weighted by Gasteiger charge is -2.39. The van der Waals surface area contributed by atoms with Gasteiger partial charge in [0.1, 0.15) is 11.5 Å². The van der Waals surface area contributed by atoms with Crippen molar-refractivity contribution < 1.29 is 18.3 Å². The number of alkyl halides is 2. The van der Waals surface area contributed by atoms with E-state index in [0.29, 0.717) is 24.7 Å². The largest absolute Gasteiger partial charge is 0.493 e. The Morgan fingerprint density at radius 3 is 2.59 bits per heavy atom. The van der Waals surface area contributed by atoms with Crippen LogP contribution >= 0.6 is 0 Å². The fraction of sp³-hybridized carbons (Fsp3) is 0.478. The zero-order valence-corrected chi connectivity index (χ0v) is 16.5. The standard InChI is InChI=1S/C23H28F2N2O2/c24-23(25)29-21-11-10-20(28-15-16-8-9-16)14-19(21)13-18-7-4-12-27(26)22(18)17-5-2-1-3-6-17/h1-3,5-6,10-11,14,16,18,22-23H,4,7-9,12-13,15,26H2. The number of hydrazine groups is 1. The molecule has 1 saturated heterocycles. The molecule has 2 aliphatic rings. The molecule has 2 N–H and O–H groups in total. The quantitative estimate of drug-likeness (QED) is 0.635. The smallest absolute Gasteiger partial charge is 0.387 e. The van der Waals surface area contributed by atoms with Crippen LogP contribution in [0.5, 0.6) is 11.5 Å². The number of piperidine rings is 1. The highest BCUT2D eigenvalue weighted by Crippen LogP contribution is 2.39. The van der Waals surface area contributed by atoms with Gasteiger partial charge in [0, 0.05) is 6.54 Å². The van der Waals surface area contributed by atoms with Crippen LogP contribution in [0.2, 0.25) is 0 Å². The van der Waals surface area contributed by atoms with Crippen molar-refractivity contribution in [3.05, 3.63) is 59.7 Å². The Morgan fingerprint density at radius 1 is 1.07 bits per heavy atom. The van der Waals surface area contributed by atoms with Crippen LogP contribution in [0.15, 0.2) is 48.5 Å². The van der Waals surface area contributed by atoms with Gasteiger partial charge in [-0.25, -0.2) is 5.01 Å². The molecule has 4 rings (SSSR count). The molecule has 0 aromatic heterocycles. The number of halogens is 2. The molecule has 1 heterocycles. The van der Waals surface area contributed by atoms with Crippen LogP contribution in [0.1, 0.15) is 42.9 Å². The predicted octanol–water partition coefficient (Wildman–Crippen LogP) is 4.95. The number of nitrogens with zero attached hydrogens (tertiary/aromatic N) is 1. The minimum Gasteiger partial charge on any atom is -0.493 e. The number of rotatable bonds is 8. The normalized spacial score (nSPS) is 22.6. The first kappa shape index (κ1) is 20.1. The number of hydrogen-bond donors (Lipinski definition) is 1. The fourth-order valence-corrected chi connectivity index (χ4v) is 4.23. The topological polar surface area (TPSA) is 47.7 Å². The van der Waals surface area contributed by atoms with Gasteiger partial charge in [-0.1, -0.05) is 30.3 Å². The van der Waals surface area contributed by atoms with E-state index in [9.17, 15) is 8.78 Å². The number of ether oxygens (including phenoxy) is 2. The van der Waals surface area contributed by atoms with E-state index in [0.717, 1.165) is 30.5 Å². The summed E-state index contributed by atoms with van der Waals surface area (Å²) in [5.74, 6) is 8.11. The molecule has 6 heteroatoms. The second-order valence-corrected chi connectivity index (χ2v) is 8.10. The summed E-state index contributed by atoms with van der Waals surface area (Å²) in [5.41, 5.74) is 1.90. The van der Waals surface area contributed by atoms with Gasteiger partial charge in [0.05, 0.1) is 12.6 Å². The van der Waals surface area contributed by atoms with Crippen molar-refractivity contribution in [2.75, 3.05) is 13.2 Å². The van der Waals surface area contributed by atoms with Crippen molar-refractivity contribution in [2.24, 2.45) is 17.7 Å². The lowest BCUT2D eigenvalue weighted by atomic mass is 9.81. The molecule has 0 spiro atoms. The number of hydrogen-bond acceptors (Lipinski definition) is 4. The number of nitrogens with two attached hydrogens (primary N) is 1. The van der Waals surface area contributed by atoms with Gasteiger partial charge in [-0.2, -0.15) is 8.78 Å². The van der Waals surface area contributed by atoms with Gasteiger partial charge in [0.25, 0.3) is 0 Å². The molecule has 1 aliphatic heterocycles. The summed E-state index contributed by atoms with van der Waals surface area (Å²) >= 11 is 0. The average molecular weight is 402 g/mol. The monoisotopic (exact) mass is 402 g/mol. The van der Waals surface area contributed by atoms with Crippen LogP contribution in [-0.2, 0) is 6.42 Å². The van der Waals surface area contributed by atoms with Gasteiger partial charge >= 0.3 is 6.61 Å². The molecular weight excluding hydrogens is 374 g/mol. The van der Waals surface area contributed by atoms with E-state index in [4.69, 9.17) is 15.3 Å². The van der Waals surface area contributed by atoms with Crippen LogP contribution in [0.3, 0.4) is 0 Å². The van der Waals surface area contributed by atoms with E-state index in [1.54, 1.807) is 12.1 Å². The van der Waals surface area contributed by atoms with Gasteiger partial charge < -0.3 is 9.47 Å². The maximum Gasteiger partial charge on any atom is 0.387 e. The molecule has 2 atom stereocenters. The summed E-state index contributed by atoms with van der Waals surface area (Å²) in [6.45, 7) is -1.35. The minimum absolute atomic E-state index is 0.0420. The van der Waals surface area contributed by atoms with Crippen molar-refractivity contribution in [1.82, 2.24) is 5.01 Å². The highest BCUT2D eigenvalue weighted by atomic mass is 19.3. The third-order valence-corrected chi connectivity index (χ3v) is 5.85. The summed E-state index contributed by atoms with van der Waals surface area (Å²) in [7, 11) is 0. The molecule has 2 aromatic carbocycles. The van der Waals surface area contributed by atoms with Crippen LogP contribution in [0.25, 0.3) is 0 Å². The van der Waals surface area contributed by atoms with Crippen LogP contribution in [-0.4, -0.2) is 24.8 Å². The van der Waals surface area contributed by atoms with Gasteiger partial charge in [-0.15, -0.1) is 0 Å². The second kappa shape index (κ2) is 9.09. The van der Waals surface area contributed by atoms with Crippen LogP contribution < -0.4 is 15.3 Å². The summed E-state index contributed by atoms with van der Waals surface area (Å²) in [4.78, 5) is 0. The third-order valence-electron chi connectivity index (χ3n) is 5.85. The van der Waals surface area contributed by atoms with Gasteiger partial charge in [-0.3, -0.25) is 5.84 Å². The van der Waals surface area contributed by atoms with E-state index in [-0.39, 0.29) is 17.7 Å². The highest BCUT2D eigenvalue weighted by molar-refractivity contribution is 5.41. The first-order valence-electron chi connectivity index (χ1n) is 10.4. The van der Waals surface area contributed by atoms with Crippen molar-refractivity contribution >= 4 is 0 Å². The second-order valence-electron chi connectivity index (χ2n) is 8.10. The highest BCUT2D eigenvalue weighted by Gasteiger charge is 2.32. The molecule has 2 fully saturated rings. The molecule has 4 nitrogen and oxygen atoms in total. The van der Waals surface area contributed by atoms with Gasteiger partial charge in [-0.05, 0) is 73.3 Å². The van der Waals surface area contributed by atoms with E-state index in [2.05, 4.69) is 12.1 Å². The van der Waals surface area contributed by atoms with Crippen molar-refractivity contribution in [2.45, 2.75) is 44.8 Å². The molecule has 156 valence electrons. The third kappa shape index (κ3) is 5.25. The molecule has 0 amide bonds. The van der Waals surface area contributed by atoms with Crippen LogP contribution in [0, 0.1) is 11.8 Å². The Labute approximate surface area is 170 Å². The molecule has 2 unspecified atom stereocenters. The maximum atomic E-state index is 13.0. The van der Waals surface area contributed by atoms with Crippen molar-refractivity contribution in [1.29, 1.82) is 0 Å². The SMILES string of the molecule is NN1CCCC(Cc2cc(OCC3CC3)ccc2OC(F)F)C1c1ccccc1.